The van der Waals surface area contributed by atoms with Crippen LogP contribution in [-0.2, 0) is 7.05 Å². The van der Waals surface area contributed by atoms with Crippen LogP contribution in [0.2, 0.25) is 0 Å². The lowest BCUT2D eigenvalue weighted by Gasteiger charge is -2.01. The summed E-state index contributed by atoms with van der Waals surface area (Å²) in [6.45, 7) is 0. The maximum atomic E-state index is 13.2. The molecule has 1 heterocycles. The molecule has 2 aromatic rings. The fraction of sp³-hybridized carbons (Fsp3) is 0.0909. The van der Waals surface area contributed by atoms with E-state index in [1.54, 1.807) is 13.1 Å². The van der Waals surface area contributed by atoms with Crippen molar-refractivity contribution in [3.8, 4) is 11.3 Å². The van der Waals surface area contributed by atoms with Crippen LogP contribution in [0.1, 0.15) is 10.4 Å². The number of hydrogen-bond acceptors (Lipinski definition) is 2. The molecule has 0 fully saturated rings. The monoisotopic (exact) mass is 360 g/mol. The minimum Gasteiger partial charge on any atom is -0.298 e. The lowest BCUT2D eigenvalue weighted by molar-refractivity contribution is 0.112. The average Bonchev–Trinajstić information content (AvgIpc) is 2.58. The summed E-state index contributed by atoms with van der Waals surface area (Å²) in [6.07, 6.45) is 0.698. The van der Waals surface area contributed by atoms with Crippen LogP contribution in [0.15, 0.2) is 27.3 Å². The molecular formula is C11H7Br2FN2O. The fourth-order valence-corrected chi connectivity index (χ4v) is 2.30. The second-order valence-electron chi connectivity index (χ2n) is 3.42. The Balaban J connectivity index is 2.72. The predicted octanol–water partition coefficient (Wildman–Crippen LogP) is 3.56. The van der Waals surface area contributed by atoms with Crippen LogP contribution < -0.4 is 0 Å². The number of rotatable bonds is 2. The van der Waals surface area contributed by atoms with Gasteiger partial charge < -0.3 is 0 Å². The molecule has 88 valence electrons. The van der Waals surface area contributed by atoms with E-state index in [-0.39, 0.29) is 5.82 Å². The Bertz CT molecular complexity index is 595. The molecule has 0 aliphatic carbocycles. The third kappa shape index (κ3) is 2.19. The molecule has 17 heavy (non-hydrogen) atoms. The number of aromatic nitrogens is 2. The van der Waals surface area contributed by atoms with Gasteiger partial charge in [-0.25, -0.2) is 4.39 Å². The Morgan fingerprint density at radius 1 is 1.41 bits per heavy atom. The zero-order valence-electron chi connectivity index (χ0n) is 8.75. The van der Waals surface area contributed by atoms with E-state index >= 15 is 0 Å². The molecule has 0 radical (unpaired) electrons. The van der Waals surface area contributed by atoms with E-state index in [0.717, 1.165) is 0 Å². The number of carbonyl (C=O) groups is 1. The second kappa shape index (κ2) is 4.70. The van der Waals surface area contributed by atoms with E-state index in [1.165, 1.54) is 16.8 Å². The van der Waals surface area contributed by atoms with Gasteiger partial charge in [0.2, 0.25) is 0 Å². The Labute approximate surface area is 114 Å². The highest BCUT2D eigenvalue weighted by Crippen LogP contribution is 2.32. The fourth-order valence-electron chi connectivity index (χ4n) is 1.50. The molecule has 0 amide bonds. The topological polar surface area (TPSA) is 34.9 Å². The summed E-state index contributed by atoms with van der Waals surface area (Å²) in [5.41, 5.74) is 1.40. The summed E-state index contributed by atoms with van der Waals surface area (Å²) in [5, 5.41) is 4.20. The zero-order valence-corrected chi connectivity index (χ0v) is 11.9. The maximum Gasteiger partial charge on any atom is 0.155 e. The van der Waals surface area contributed by atoms with Crippen LogP contribution in [0.4, 0.5) is 4.39 Å². The molecule has 0 unspecified atom stereocenters. The third-order valence-electron chi connectivity index (χ3n) is 2.31. The van der Waals surface area contributed by atoms with E-state index in [1.807, 2.05) is 0 Å². The standard InChI is InChI=1S/C11H7Br2FN2O/c1-16-11(13)8(5-17)10(15-16)7-4-6(14)2-3-9(7)12/h2-5H,1H3. The smallest absolute Gasteiger partial charge is 0.155 e. The molecule has 6 heteroatoms. The molecule has 0 atom stereocenters. The first-order valence-corrected chi connectivity index (χ1v) is 6.26. The molecule has 0 aliphatic heterocycles. The van der Waals surface area contributed by atoms with Crippen LogP contribution in [-0.4, -0.2) is 16.1 Å². The van der Waals surface area contributed by atoms with E-state index < -0.39 is 0 Å². The molecule has 1 aromatic carbocycles. The molecule has 0 spiro atoms. The first kappa shape index (κ1) is 12.4. The van der Waals surface area contributed by atoms with Gasteiger partial charge in [0, 0.05) is 17.1 Å². The van der Waals surface area contributed by atoms with Crippen LogP contribution in [0.5, 0.6) is 0 Å². The van der Waals surface area contributed by atoms with Gasteiger partial charge in [0.1, 0.15) is 16.1 Å². The SMILES string of the molecule is Cn1nc(-c2cc(F)ccc2Br)c(C=O)c1Br. The van der Waals surface area contributed by atoms with Gasteiger partial charge in [-0.05, 0) is 34.1 Å². The lowest BCUT2D eigenvalue weighted by Crippen LogP contribution is -1.90. The molecule has 1 aromatic heterocycles. The van der Waals surface area contributed by atoms with Crippen molar-refractivity contribution in [1.82, 2.24) is 9.78 Å². The number of aryl methyl sites for hydroxylation is 1. The predicted molar refractivity (Wildman–Crippen MR) is 69.4 cm³/mol. The van der Waals surface area contributed by atoms with Gasteiger partial charge in [-0.15, -0.1) is 0 Å². The van der Waals surface area contributed by atoms with Crippen LogP contribution in [0, 0.1) is 5.82 Å². The van der Waals surface area contributed by atoms with E-state index in [9.17, 15) is 9.18 Å². The number of nitrogens with zero attached hydrogens (tertiary/aromatic N) is 2. The molecule has 0 aliphatic rings. The number of benzene rings is 1. The van der Waals surface area contributed by atoms with Gasteiger partial charge in [0.15, 0.2) is 6.29 Å². The summed E-state index contributed by atoms with van der Waals surface area (Å²) in [7, 11) is 1.70. The van der Waals surface area contributed by atoms with Crippen molar-refractivity contribution in [3.63, 3.8) is 0 Å². The number of halogens is 3. The van der Waals surface area contributed by atoms with Gasteiger partial charge in [0.05, 0.1) is 5.56 Å². The Morgan fingerprint density at radius 2 is 2.12 bits per heavy atom. The normalized spacial score (nSPS) is 10.6. The third-order valence-corrected chi connectivity index (χ3v) is 3.94. The quantitative estimate of drug-likeness (QED) is 0.766. The number of hydrogen-bond donors (Lipinski definition) is 0. The Morgan fingerprint density at radius 3 is 2.76 bits per heavy atom. The minimum absolute atomic E-state index is 0.373. The van der Waals surface area contributed by atoms with Gasteiger partial charge in [-0.2, -0.15) is 5.10 Å². The van der Waals surface area contributed by atoms with Gasteiger partial charge in [-0.3, -0.25) is 9.48 Å². The van der Waals surface area contributed by atoms with Crippen LogP contribution in [0.3, 0.4) is 0 Å². The van der Waals surface area contributed by atoms with Crippen molar-refractivity contribution in [1.29, 1.82) is 0 Å². The molecule has 0 N–H and O–H groups in total. The van der Waals surface area contributed by atoms with Crippen molar-refractivity contribution >= 4 is 38.1 Å². The first-order valence-electron chi connectivity index (χ1n) is 4.67. The highest BCUT2D eigenvalue weighted by molar-refractivity contribution is 9.10. The maximum absolute atomic E-state index is 13.2. The molecular weight excluding hydrogens is 355 g/mol. The summed E-state index contributed by atoms with van der Waals surface area (Å²) in [5.74, 6) is -0.373. The van der Waals surface area contributed by atoms with Crippen molar-refractivity contribution in [2.24, 2.45) is 7.05 Å². The Kier molecular flexibility index (Phi) is 3.44. The summed E-state index contributed by atoms with van der Waals surface area (Å²) >= 11 is 6.58. The highest BCUT2D eigenvalue weighted by Gasteiger charge is 2.17. The Hall–Kier alpha value is -1.01. The number of aldehydes is 1. The average molecular weight is 362 g/mol. The van der Waals surface area contributed by atoms with Gasteiger partial charge in [0.25, 0.3) is 0 Å². The number of carbonyl (C=O) groups excluding carboxylic acids is 1. The van der Waals surface area contributed by atoms with Crippen molar-refractivity contribution in [2.75, 3.05) is 0 Å². The molecule has 0 saturated carbocycles. The van der Waals surface area contributed by atoms with Gasteiger partial charge >= 0.3 is 0 Å². The molecule has 0 saturated heterocycles. The van der Waals surface area contributed by atoms with E-state index in [4.69, 9.17) is 0 Å². The zero-order chi connectivity index (χ0) is 12.6. The first-order chi connectivity index (χ1) is 8.04. The van der Waals surface area contributed by atoms with Crippen molar-refractivity contribution in [2.45, 2.75) is 0 Å². The molecule has 2 rings (SSSR count). The highest BCUT2D eigenvalue weighted by atomic mass is 79.9. The van der Waals surface area contributed by atoms with Crippen molar-refractivity contribution < 1.29 is 9.18 Å². The summed E-state index contributed by atoms with van der Waals surface area (Å²) < 4.78 is 16.0. The van der Waals surface area contributed by atoms with Crippen LogP contribution in [0.25, 0.3) is 11.3 Å². The largest absolute Gasteiger partial charge is 0.298 e. The second-order valence-corrected chi connectivity index (χ2v) is 5.02. The minimum atomic E-state index is -0.373. The summed E-state index contributed by atoms with van der Waals surface area (Å²) in [6, 6.07) is 4.26. The lowest BCUT2D eigenvalue weighted by atomic mass is 10.1. The molecule has 0 bridgehead atoms. The van der Waals surface area contributed by atoms with E-state index in [0.29, 0.717) is 32.2 Å². The van der Waals surface area contributed by atoms with Crippen molar-refractivity contribution in [3.05, 3.63) is 38.7 Å². The van der Waals surface area contributed by atoms with Crippen LogP contribution >= 0.6 is 31.9 Å². The van der Waals surface area contributed by atoms with E-state index in [2.05, 4.69) is 37.0 Å². The van der Waals surface area contributed by atoms with Gasteiger partial charge in [-0.1, -0.05) is 15.9 Å². The molecule has 3 nitrogen and oxygen atoms in total. The summed E-state index contributed by atoms with van der Waals surface area (Å²) in [4.78, 5) is 11.0.